The first-order valence-electron chi connectivity index (χ1n) is 17.2. The Hall–Kier alpha value is -3.57. The van der Waals surface area contributed by atoms with E-state index >= 15 is 0 Å². The molecule has 4 atom stereocenters. The third-order valence-electron chi connectivity index (χ3n) is 7.98. The number of nitrogens with zero attached hydrogens (tertiary/aromatic N) is 1. The maximum atomic E-state index is 14.3. The third kappa shape index (κ3) is 12.6. The molecule has 0 saturated heterocycles. The monoisotopic (exact) mass is 718 g/mol. The van der Waals surface area contributed by atoms with E-state index in [0.717, 1.165) is 11.1 Å². The Labute approximate surface area is 296 Å². The molecule has 0 saturated carbocycles. The standard InChI is InChI=1S/C37H55N2O10P/c1-10-47-31(40)20-21-38-33(41)30(22-27-16-18-29(19-17-27)28-14-12-11-13-15-28)39(34(24(4)5)49-37(43)26(8)9)35(50(44,45)46)32(23(2)3)48-36(42)25(6)7/h11-19,23-26,30,32,34-35H,10,20-22H2,1-9H3,(H,38,41)(H2,44,45,46). The summed E-state index contributed by atoms with van der Waals surface area (Å²) in [6, 6.07) is 15.7. The average Bonchev–Trinajstić information content (AvgIpc) is 3.04. The summed E-state index contributed by atoms with van der Waals surface area (Å²) >= 11 is 0. The number of carbonyl (C=O) groups is 4. The number of hydrogen-bond donors (Lipinski definition) is 3. The summed E-state index contributed by atoms with van der Waals surface area (Å²) in [6.07, 6.45) is -2.98. The van der Waals surface area contributed by atoms with Gasteiger partial charge in [0.1, 0.15) is 6.10 Å². The van der Waals surface area contributed by atoms with Gasteiger partial charge in [-0.25, -0.2) is 4.90 Å². The van der Waals surface area contributed by atoms with Crippen LogP contribution in [0.2, 0.25) is 0 Å². The molecular weight excluding hydrogens is 663 g/mol. The zero-order chi connectivity index (χ0) is 37.8. The number of carbonyl (C=O) groups excluding carboxylic acids is 4. The second-order valence-electron chi connectivity index (χ2n) is 13.6. The fraction of sp³-hybridized carbons (Fsp3) is 0.568. The lowest BCUT2D eigenvalue weighted by atomic mass is 9.96. The first kappa shape index (κ1) is 42.6. The van der Waals surface area contributed by atoms with Crippen LogP contribution in [0.3, 0.4) is 0 Å². The maximum absolute atomic E-state index is 14.3. The van der Waals surface area contributed by atoms with Crippen molar-refractivity contribution in [1.82, 2.24) is 10.2 Å². The summed E-state index contributed by atoms with van der Waals surface area (Å²) < 4.78 is 30.5. The Morgan fingerprint density at radius 3 is 1.80 bits per heavy atom. The van der Waals surface area contributed by atoms with Crippen molar-refractivity contribution in [3.05, 3.63) is 60.2 Å². The van der Waals surface area contributed by atoms with Crippen LogP contribution >= 0.6 is 7.60 Å². The predicted octanol–water partition coefficient (Wildman–Crippen LogP) is 5.55. The zero-order valence-electron chi connectivity index (χ0n) is 30.7. The van der Waals surface area contributed by atoms with Gasteiger partial charge in [-0.15, -0.1) is 0 Å². The molecule has 2 rings (SSSR count). The average molecular weight is 719 g/mol. The van der Waals surface area contributed by atoms with Gasteiger partial charge >= 0.3 is 25.5 Å². The lowest BCUT2D eigenvalue weighted by molar-refractivity contribution is -0.184. The Balaban J connectivity index is 2.84. The van der Waals surface area contributed by atoms with E-state index in [2.05, 4.69) is 5.32 Å². The molecule has 0 aliphatic rings. The number of benzene rings is 2. The number of amides is 1. The van der Waals surface area contributed by atoms with Gasteiger partial charge in [-0.1, -0.05) is 110 Å². The van der Waals surface area contributed by atoms with Crippen LogP contribution in [0.4, 0.5) is 0 Å². The normalized spacial score (nSPS) is 14.4. The van der Waals surface area contributed by atoms with Gasteiger partial charge in [-0.3, -0.25) is 23.7 Å². The van der Waals surface area contributed by atoms with Gasteiger partial charge in [0.05, 0.1) is 30.9 Å². The number of rotatable bonds is 19. The van der Waals surface area contributed by atoms with Gasteiger partial charge in [0.15, 0.2) is 12.0 Å². The van der Waals surface area contributed by atoms with Crippen LogP contribution in [0.5, 0.6) is 0 Å². The van der Waals surface area contributed by atoms with Crippen LogP contribution in [-0.4, -0.2) is 75.8 Å². The Kier molecular flexibility index (Phi) is 16.8. The Morgan fingerprint density at radius 2 is 1.32 bits per heavy atom. The highest BCUT2D eigenvalue weighted by molar-refractivity contribution is 7.52. The highest BCUT2D eigenvalue weighted by atomic mass is 31.2. The highest BCUT2D eigenvalue weighted by Crippen LogP contribution is 2.49. The number of ether oxygens (including phenoxy) is 3. The number of esters is 3. The summed E-state index contributed by atoms with van der Waals surface area (Å²) in [4.78, 5) is 76.0. The predicted molar refractivity (Wildman–Crippen MR) is 190 cm³/mol. The molecule has 2 aromatic rings. The van der Waals surface area contributed by atoms with Gasteiger partial charge in [0.25, 0.3) is 0 Å². The molecule has 2 aromatic carbocycles. The van der Waals surface area contributed by atoms with Crippen LogP contribution in [0.1, 0.15) is 74.3 Å². The Morgan fingerprint density at radius 1 is 0.780 bits per heavy atom. The van der Waals surface area contributed by atoms with Crippen LogP contribution in [-0.2, 0) is 44.4 Å². The lowest BCUT2D eigenvalue weighted by Crippen LogP contribution is -2.62. The molecule has 0 aliphatic heterocycles. The van der Waals surface area contributed by atoms with Gasteiger partial charge in [0, 0.05) is 12.5 Å². The first-order valence-corrected chi connectivity index (χ1v) is 18.9. The van der Waals surface area contributed by atoms with Gasteiger partial charge in [-0.2, -0.15) is 0 Å². The van der Waals surface area contributed by atoms with Crippen molar-refractivity contribution in [3.63, 3.8) is 0 Å². The molecule has 12 nitrogen and oxygen atoms in total. The van der Waals surface area contributed by atoms with E-state index in [0.29, 0.717) is 5.56 Å². The lowest BCUT2D eigenvalue weighted by Gasteiger charge is -2.46. The van der Waals surface area contributed by atoms with Crippen molar-refractivity contribution in [2.75, 3.05) is 13.2 Å². The smallest absolute Gasteiger partial charge is 0.346 e. The van der Waals surface area contributed by atoms with E-state index in [1.54, 1.807) is 62.3 Å². The van der Waals surface area contributed by atoms with Crippen LogP contribution in [0.15, 0.2) is 54.6 Å². The molecule has 1 amide bonds. The first-order chi connectivity index (χ1) is 23.4. The molecule has 0 fully saturated rings. The van der Waals surface area contributed by atoms with E-state index in [4.69, 9.17) is 14.2 Å². The summed E-state index contributed by atoms with van der Waals surface area (Å²) in [5.74, 6) is -6.88. The molecule has 0 heterocycles. The minimum Gasteiger partial charge on any atom is -0.466 e. The SMILES string of the molecule is CCOC(=O)CCNC(=O)C(Cc1ccc(-c2ccccc2)cc1)N(C(OC(=O)C(C)C)C(C)C)C(C(OC(=O)C(C)C)C(C)C)P(=O)(O)O. The fourth-order valence-corrected chi connectivity index (χ4v) is 6.74. The molecule has 278 valence electrons. The van der Waals surface area contributed by atoms with Gasteiger partial charge < -0.3 is 29.3 Å². The van der Waals surface area contributed by atoms with Crippen molar-refractivity contribution >= 4 is 31.4 Å². The number of nitrogens with one attached hydrogen (secondary N) is 1. The quantitative estimate of drug-likeness (QED) is 0.0721. The molecule has 0 spiro atoms. The minimum atomic E-state index is -5.28. The number of hydrogen-bond acceptors (Lipinski definition) is 9. The molecule has 50 heavy (non-hydrogen) atoms. The van der Waals surface area contributed by atoms with E-state index in [-0.39, 0.29) is 26.0 Å². The fourth-order valence-electron chi connectivity index (χ4n) is 5.31. The topological polar surface area (TPSA) is 169 Å². The zero-order valence-corrected chi connectivity index (χ0v) is 31.6. The van der Waals surface area contributed by atoms with Crippen molar-refractivity contribution in [2.24, 2.45) is 23.7 Å². The van der Waals surface area contributed by atoms with Crippen molar-refractivity contribution < 1.29 is 47.7 Å². The Bertz CT molecular complexity index is 1440. The molecule has 13 heteroatoms. The minimum absolute atomic E-state index is 0.0812. The van der Waals surface area contributed by atoms with Gasteiger partial charge in [0.2, 0.25) is 5.91 Å². The largest absolute Gasteiger partial charge is 0.466 e. The molecule has 0 bridgehead atoms. The second kappa shape index (κ2) is 19.7. The molecule has 3 N–H and O–H groups in total. The summed E-state index contributed by atoms with van der Waals surface area (Å²) in [5, 5.41) is 2.73. The van der Waals surface area contributed by atoms with Crippen LogP contribution < -0.4 is 5.32 Å². The van der Waals surface area contributed by atoms with Gasteiger partial charge in [-0.05, 0) is 36.0 Å². The molecule has 0 aromatic heterocycles. The van der Waals surface area contributed by atoms with E-state index < -0.39 is 79.2 Å². The van der Waals surface area contributed by atoms with E-state index in [1.807, 2.05) is 54.6 Å². The van der Waals surface area contributed by atoms with E-state index in [9.17, 15) is 33.5 Å². The van der Waals surface area contributed by atoms with Crippen LogP contribution in [0.25, 0.3) is 11.1 Å². The van der Waals surface area contributed by atoms with Crippen LogP contribution in [0, 0.1) is 23.7 Å². The third-order valence-corrected chi connectivity index (χ3v) is 9.23. The molecule has 4 unspecified atom stereocenters. The van der Waals surface area contributed by atoms with Crippen molar-refractivity contribution in [2.45, 2.75) is 99.3 Å². The van der Waals surface area contributed by atoms with Crippen molar-refractivity contribution in [3.8, 4) is 11.1 Å². The molecule has 0 aliphatic carbocycles. The molecular formula is C37H55N2O10P. The second-order valence-corrected chi connectivity index (χ2v) is 15.3. The summed E-state index contributed by atoms with van der Waals surface area (Å²) in [6.45, 7) is 14.9. The highest BCUT2D eigenvalue weighted by Gasteiger charge is 2.52. The maximum Gasteiger partial charge on any atom is 0.346 e. The van der Waals surface area contributed by atoms with Crippen molar-refractivity contribution in [1.29, 1.82) is 0 Å². The molecule has 0 radical (unpaired) electrons. The summed E-state index contributed by atoms with van der Waals surface area (Å²) in [7, 11) is -5.28. The summed E-state index contributed by atoms with van der Waals surface area (Å²) in [5.41, 5.74) is 2.53. The van der Waals surface area contributed by atoms with E-state index in [1.165, 1.54) is 4.90 Å².